The maximum absolute atomic E-state index is 12.2. The summed E-state index contributed by atoms with van der Waals surface area (Å²) in [6.45, 7) is 9.99. The molecule has 3 heterocycles. The molecule has 0 atom stereocenters. The largest absolute Gasteiger partial charge is 0.465 e. The van der Waals surface area contributed by atoms with E-state index in [9.17, 15) is 9.59 Å². The highest BCUT2D eigenvalue weighted by Crippen LogP contribution is 2.29. The number of rotatable bonds is 5. The number of aromatic nitrogens is 5. The van der Waals surface area contributed by atoms with Gasteiger partial charge in [0.25, 0.3) is 0 Å². The monoisotopic (exact) mass is 423 g/mol. The van der Waals surface area contributed by atoms with Crippen molar-refractivity contribution in [3.8, 4) is 10.7 Å². The number of ether oxygens (including phenoxy) is 2. The first kappa shape index (κ1) is 21.0. The van der Waals surface area contributed by atoms with Crippen molar-refractivity contribution in [1.82, 2.24) is 30.1 Å². The van der Waals surface area contributed by atoms with Gasteiger partial charge in [-0.15, -0.1) is 10.2 Å². The minimum absolute atomic E-state index is 0.0842. The van der Waals surface area contributed by atoms with Gasteiger partial charge in [-0.1, -0.05) is 11.3 Å². The molecule has 0 aromatic carbocycles. The Balaban J connectivity index is 1.57. The summed E-state index contributed by atoms with van der Waals surface area (Å²) in [6, 6.07) is 0. The number of tetrazole rings is 1. The molecule has 0 spiro atoms. The Labute approximate surface area is 172 Å². The van der Waals surface area contributed by atoms with Crippen LogP contribution in [0.25, 0.3) is 10.7 Å². The van der Waals surface area contributed by atoms with Gasteiger partial charge in [0.2, 0.25) is 5.82 Å². The van der Waals surface area contributed by atoms with Gasteiger partial charge >= 0.3 is 12.1 Å². The third-order valence-corrected chi connectivity index (χ3v) is 5.00. The number of hydrogen-bond acceptors (Lipinski definition) is 10. The molecule has 2 aromatic heterocycles. The second kappa shape index (κ2) is 8.72. The number of amides is 1. The molecule has 29 heavy (non-hydrogen) atoms. The van der Waals surface area contributed by atoms with Crippen molar-refractivity contribution < 1.29 is 19.1 Å². The molecule has 0 aliphatic carbocycles. The molecule has 0 N–H and O–H groups in total. The predicted molar refractivity (Wildman–Crippen MR) is 106 cm³/mol. The van der Waals surface area contributed by atoms with Crippen molar-refractivity contribution in [1.29, 1.82) is 0 Å². The molecule has 1 aliphatic rings. The van der Waals surface area contributed by atoms with Crippen LogP contribution in [0.2, 0.25) is 0 Å². The van der Waals surface area contributed by atoms with Crippen LogP contribution in [0, 0.1) is 0 Å². The lowest BCUT2D eigenvalue weighted by atomic mass is 10.2. The Morgan fingerprint density at radius 2 is 1.93 bits per heavy atom. The second-order valence-electron chi connectivity index (χ2n) is 7.41. The average Bonchev–Trinajstić information content (AvgIpc) is 3.30. The molecule has 1 saturated heterocycles. The van der Waals surface area contributed by atoms with Gasteiger partial charge in [-0.2, -0.15) is 4.80 Å². The van der Waals surface area contributed by atoms with Gasteiger partial charge in [-0.25, -0.2) is 14.6 Å². The molecule has 1 aliphatic heterocycles. The van der Waals surface area contributed by atoms with Crippen LogP contribution in [-0.2, 0) is 20.8 Å². The van der Waals surface area contributed by atoms with Crippen molar-refractivity contribution >= 4 is 28.5 Å². The summed E-state index contributed by atoms with van der Waals surface area (Å²) in [5.74, 6) is -0.00487. The van der Waals surface area contributed by atoms with Crippen molar-refractivity contribution in [2.75, 3.05) is 37.7 Å². The van der Waals surface area contributed by atoms with Crippen molar-refractivity contribution in [3.63, 3.8) is 0 Å². The van der Waals surface area contributed by atoms with E-state index in [0.29, 0.717) is 38.6 Å². The standard InChI is InChI=1S/C17H25N7O4S/c1-5-27-13(25)11-24-20-14(19-21-24)12-10-18-15(29-12)22-6-8-23(9-7-22)16(26)28-17(2,3)4/h10H,5-9,11H2,1-4H3. The fraction of sp³-hybridized carbons (Fsp3) is 0.647. The van der Waals surface area contributed by atoms with Crippen LogP contribution in [0.5, 0.6) is 0 Å². The van der Waals surface area contributed by atoms with Gasteiger partial charge in [0, 0.05) is 26.2 Å². The van der Waals surface area contributed by atoms with Crippen LogP contribution in [0.3, 0.4) is 0 Å². The first-order valence-corrected chi connectivity index (χ1v) is 10.2. The van der Waals surface area contributed by atoms with Crippen LogP contribution in [0.15, 0.2) is 6.20 Å². The number of thiazole rings is 1. The zero-order chi connectivity index (χ0) is 21.0. The Morgan fingerprint density at radius 3 is 2.59 bits per heavy atom. The van der Waals surface area contributed by atoms with E-state index in [1.165, 1.54) is 16.1 Å². The number of carbonyl (C=O) groups is 2. The predicted octanol–water partition coefficient (Wildman–Crippen LogP) is 1.42. The zero-order valence-corrected chi connectivity index (χ0v) is 17.8. The summed E-state index contributed by atoms with van der Waals surface area (Å²) in [7, 11) is 0. The van der Waals surface area contributed by atoms with Crippen molar-refractivity contribution in [3.05, 3.63) is 6.20 Å². The Morgan fingerprint density at radius 1 is 1.21 bits per heavy atom. The lowest BCUT2D eigenvalue weighted by Crippen LogP contribution is -2.50. The van der Waals surface area contributed by atoms with Crippen molar-refractivity contribution in [2.45, 2.75) is 39.8 Å². The minimum atomic E-state index is -0.504. The fourth-order valence-corrected chi connectivity index (χ4v) is 3.54. The van der Waals surface area contributed by atoms with Gasteiger partial charge in [-0.05, 0) is 32.9 Å². The van der Waals surface area contributed by atoms with E-state index in [4.69, 9.17) is 9.47 Å². The number of esters is 1. The lowest BCUT2D eigenvalue weighted by molar-refractivity contribution is -0.144. The average molecular weight is 423 g/mol. The summed E-state index contributed by atoms with van der Waals surface area (Å²) in [6.07, 6.45) is 1.39. The summed E-state index contributed by atoms with van der Waals surface area (Å²) in [5.41, 5.74) is -0.504. The number of anilines is 1. The highest BCUT2D eigenvalue weighted by molar-refractivity contribution is 7.18. The van der Waals surface area contributed by atoms with Gasteiger partial charge in [0.15, 0.2) is 11.7 Å². The summed E-state index contributed by atoms with van der Waals surface area (Å²) < 4.78 is 10.3. The van der Waals surface area contributed by atoms with Crippen LogP contribution in [0.4, 0.5) is 9.93 Å². The van der Waals surface area contributed by atoms with E-state index in [1.807, 2.05) is 20.8 Å². The van der Waals surface area contributed by atoms with E-state index in [0.717, 1.165) is 10.0 Å². The highest BCUT2D eigenvalue weighted by Gasteiger charge is 2.27. The van der Waals surface area contributed by atoms with E-state index < -0.39 is 11.6 Å². The van der Waals surface area contributed by atoms with E-state index in [-0.39, 0.29) is 12.6 Å². The third kappa shape index (κ3) is 5.62. The summed E-state index contributed by atoms with van der Waals surface area (Å²) >= 11 is 1.44. The summed E-state index contributed by atoms with van der Waals surface area (Å²) in [5, 5.41) is 12.9. The van der Waals surface area contributed by atoms with Crippen LogP contribution < -0.4 is 4.90 Å². The molecular weight excluding hydrogens is 398 g/mol. The number of piperazine rings is 1. The molecule has 0 saturated carbocycles. The lowest BCUT2D eigenvalue weighted by Gasteiger charge is -2.35. The maximum atomic E-state index is 12.2. The molecule has 1 amide bonds. The fourth-order valence-electron chi connectivity index (χ4n) is 2.65. The SMILES string of the molecule is CCOC(=O)Cn1nnc(-c2cnc(N3CCN(C(=O)OC(C)(C)C)CC3)s2)n1. The molecule has 2 aromatic rings. The summed E-state index contributed by atoms with van der Waals surface area (Å²) in [4.78, 5) is 33.9. The second-order valence-corrected chi connectivity index (χ2v) is 8.42. The highest BCUT2D eigenvalue weighted by atomic mass is 32.1. The topological polar surface area (TPSA) is 116 Å². The van der Waals surface area contributed by atoms with E-state index >= 15 is 0 Å². The first-order chi connectivity index (χ1) is 13.7. The van der Waals surface area contributed by atoms with E-state index in [1.54, 1.807) is 18.0 Å². The molecule has 0 unspecified atom stereocenters. The van der Waals surface area contributed by atoms with E-state index in [2.05, 4.69) is 25.3 Å². The number of carbonyl (C=O) groups excluding carboxylic acids is 2. The van der Waals surface area contributed by atoms with Crippen molar-refractivity contribution in [2.24, 2.45) is 0 Å². The maximum Gasteiger partial charge on any atom is 0.410 e. The molecule has 1 fully saturated rings. The first-order valence-electron chi connectivity index (χ1n) is 9.37. The number of nitrogens with zero attached hydrogens (tertiary/aromatic N) is 7. The van der Waals surface area contributed by atoms with Gasteiger partial charge < -0.3 is 19.3 Å². The quantitative estimate of drug-likeness (QED) is 0.658. The Hall–Kier alpha value is -2.76. The van der Waals surface area contributed by atoms with Crippen LogP contribution >= 0.6 is 11.3 Å². The Bertz CT molecular complexity index is 852. The van der Waals surface area contributed by atoms with Gasteiger partial charge in [0.05, 0.1) is 17.7 Å². The third-order valence-electron chi connectivity index (χ3n) is 3.94. The van der Waals surface area contributed by atoms with Gasteiger partial charge in [0.1, 0.15) is 5.60 Å². The molecular formula is C17H25N7O4S. The minimum Gasteiger partial charge on any atom is -0.465 e. The number of hydrogen-bond donors (Lipinski definition) is 0. The zero-order valence-electron chi connectivity index (χ0n) is 17.0. The van der Waals surface area contributed by atoms with Gasteiger partial charge in [-0.3, -0.25) is 0 Å². The molecule has 0 bridgehead atoms. The molecule has 11 nitrogen and oxygen atoms in total. The molecule has 3 rings (SSSR count). The molecule has 0 radical (unpaired) electrons. The van der Waals surface area contributed by atoms with Crippen LogP contribution in [-0.4, -0.2) is 80.5 Å². The molecule has 12 heteroatoms. The molecule has 158 valence electrons. The Kier molecular flexibility index (Phi) is 6.30. The smallest absolute Gasteiger partial charge is 0.410 e. The normalized spacial score (nSPS) is 14.8. The van der Waals surface area contributed by atoms with Crippen LogP contribution in [0.1, 0.15) is 27.7 Å².